The first kappa shape index (κ1) is 26.4. The Morgan fingerprint density at radius 1 is 1.22 bits per heavy atom. The van der Waals surface area contributed by atoms with Crippen LogP contribution < -0.4 is 10.2 Å². The Morgan fingerprint density at radius 3 is 2.64 bits per heavy atom. The molecule has 2 heterocycles. The topological polar surface area (TPSA) is 65.5 Å². The second-order valence-electron chi connectivity index (χ2n) is 9.21. The number of aliphatic hydroxyl groups excluding tert-OH is 1. The number of alkyl halides is 3. The second kappa shape index (κ2) is 10.8. The lowest BCUT2D eigenvalue weighted by atomic mass is 10.1. The van der Waals surface area contributed by atoms with E-state index in [1.165, 1.54) is 28.4 Å². The Morgan fingerprint density at radius 2 is 1.94 bits per heavy atom. The fraction of sp³-hybridized carbons (Fsp3) is 0.360. The fourth-order valence-electron chi connectivity index (χ4n) is 4.16. The molecule has 3 aromatic rings. The average molecular weight is 540 g/mol. The van der Waals surface area contributed by atoms with Crippen molar-refractivity contribution >= 4 is 39.8 Å². The smallest absolute Gasteiger partial charge is 0.393 e. The van der Waals surface area contributed by atoms with Crippen LogP contribution in [0.2, 0.25) is 5.02 Å². The summed E-state index contributed by atoms with van der Waals surface area (Å²) in [6, 6.07) is 11.2. The normalized spacial score (nSPS) is 20.2. The molecule has 0 unspecified atom stereocenters. The number of hydrogen-bond donors (Lipinski definition) is 2. The third-order valence-corrected chi connectivity index (χ3v) is 7.50. The van der Waals surface area contributed by atoms with Crippen LogP contribution in [0.1, 0.15) is 18.4 Å². The molecule has 1 aliphatic rings. The van der Waals surface area contributed by atoms with Crippen molar-refractivity contribution in [3.05, 3.63) is 64.5 Å². The minimum atomic E-state index is -4.51. The van der Waals surface area contributed by atoms with Gasteiger partial charge in [-0.15, -0.1) is 11.3 Å². The summed E-state index contributed by atoms with van der Waals surface area (Å²) in [4.78, 5) is 19.4. The molecule has 1 fully saturated rings. The number of urea groups is 1. The largest absolute Gasteiger partial charge is 0.416 e. The van der Waals surface area contributed by atoms with E-state index in [2.05, 4.69) is 17.3 Å². The van der Waals surface area contributed by atoms with Gasteiger partial charge in [-0.2, -0.15) is 13.2 Å². The summed E-state index contributed by atoms with van der Waals surface area (Å²) >= 11 is 7.39. The maximum absolute atomic E-state index is 13.3. The first-order valence-electron chi connectivity index (χ1n) is 11.5. The van der Waals surface area contributed by atoms with E-state index >= 15 is 0 Å². The number of rotatable bonds is 6. The molecule has 4 rings (SSSR count). The van der Waals surface area contributed by atoms with Crippen LogP contribution in [-0.4, -0.2) is 59.9 Å². The van der Waals surface area contributed by atoms with Gasteiger partial charge in [0.2, 0.25) is 0 Å². The molecule has 11 heteroatoms. The molecule has 2 amide bonds. The molecule has 0 atom stereocenters. The lowest BCUT2D eigenvalue weighted by Gasteiger charge is -2.40. The van der Waals surface area contributed by atoms with Crippen LogP contribution in [0, 0.1) is 0 Å². The molecule has 1 aliphatic heterocycles. The van der Waals surface area contributed by atoms with Crippen molar-refractivity contribution in [1.29, 1.82) is 0 Å². The van der Waals surface area contributed by atoms with Crippen molar-refractivity contribution in [3.8, 4) is 11.3 Å². The van der Waals surface area contributed by atoms with Gasteiger partial charge in [-0.3, -0.25) is 4.90 Å². The van der Waals surface area contributed by atoms with Crippen molar-refractivity contribution in [1.82, 2.24) is 4.98 Å². The maximum Gasteiger partial charge on any atom is 0.416 e. The van der Waals surface area contributed by atoms with E-state index in [9.17, 15) is 23.1 Å². The number of anilines is 2. The summed E-state index contributed by atoms with van der Waals surface area (Å²) in [5, 5.41) is 15.3. The van der Waals surface area contributed by atoms with Crippen molar-refractivity contribution in [2.45, 2.75) is 25.1 Å². The molecule has 2 N–H and O–H groups in total. The fourth-order valence-corrected chi connectivity index (χ4v) is 5.21. The van der Waals surface area contributed by atoms with E-state index in [0.29, 0.717) is 46.3 Å². The standard InChI is InChI=1S/C25H26ClF3N4O2S/c1-33(11-8-21(34)9-12-33)13-10-32(23(35)30-20-7-3-5-18(15-20)25(27,28)29)24-31-22(16-36-24)17-4-2-6-19(26)14-17/h2-7,14-16,21,34H,8-13H2,1H3/p+1. The highest BCUT2D eigenvalue weighted by molar-refractivity contribution is 7.14. The number of nitrogens with zero attached hydrogens (tertiary/aromatic N) is 3. The van der Waals surface area contributed by atoms with Gasteiger partial charge in [0.25, 0.3) is 0 Å². The van der Waals surface area contributed by atoms with E-state index in [0.717, 1.165) is 30.8 Å². The van der Waals surface area contributed by atoms with Gasteiger partial charge in [0.05, 0.1) is 50.6 Å². The average Bonchev–Trinajstić information content (AvgIpc) is 3.31. The molecule has 0 bridgehead atoms. The maximum atomic E-state index is 13.3. The molecule has 0 saturated carbocycles. The van der Waals surface area contributed by atoms with Crippen LogP contribution in [0.25, 0.3) is 11.3 Å². The van der Waals surface area contributed by atoms with Crippen molar-refractivity contribution in [2.75, 3.05) is 43.4 Å². The van der Waals surface area contributed by atoms with Crippen molar-refractivity contribution in [2.24, 2.45) is 0 Å². The van der Waals surface area contributed by atoms with Gasteiger partial charge in [0.15, 0.2) is 5.13 Å². The Kier molecular flexibility index (Phi) is 7.89. The lowest BCUT2D eigenvalue weighted by molar-refractivity contribution is -0.913. The predicted octanol–water partition coefficient (Wildman–Crippen LogP) is 6.12. The SMILES string of the molecule is C[N+]1(CCN(C(=O)Nc2cccc(C(F)(F)F)c2)c2nc(-c3cccc(Cl)c3)cs2)CCC(O)CC1. The van der Waals surface area contributed by atoms with Gasteiger partial charge >= 0.3 is 12.2 Å². The number of benzene rings is 2. The number of hydrogen-bond acceptors (Lipinski definition) is 4. The number of amides is 2. The van der Waals surface area contributed by atoms with Crippen molar-refractivity contribution < 1.29 is 27.6 Å². The molecule has 0 spiro atoms. The zero-order valence-electron chi connectivity index (χ0n) is 19.6. The van der Waals surface area contributed by atoms with Crippen molar-refractivity contribution in [3.63, 3.8) is 0 Å². The lowest BCUT2D eigenvalue weighted by Crippen LogP contribution is -2.54. The number of likely N-dealkylation sites (N-methyl/N-ethyl adjacent to an activating group) is 1. The van der Waals surface area contributed by atoms with Crippen LogP contribution in [0.4, 0.5) is 28.8 Å². The summed E-state index contributed by atoms with van der Waals surface area (Å²) in [6.07, 6.45) is -3.46. The third-order valence-electron chi connectivity index (χ3n) is 6.40. The summed E-state index contributed by atoms with van der Waals surface area (Å²) in [5.74, 6) is 0. The number of thiazole rings is 1. The monoisotopic (exact) mass is 539 g/mol. The molecule has 0 radical (unpaired) electrons. The molecule has 1 aromatic heterocycles. The number of likely N-dealkylation sites (tertiary alicyclic amines) is 1. The summed E-state index contributed by atoms with van der Waals surface area (Å²) in [5.41, 5.74) is 0.658. The van der Waals surface area contributed by atoms with Gasteiger partial charge in [-0.1, -0.05) is 29.8 Å². The van der Waals surface area contributed by atoms with E-state index in [1.54, 1.807) is 12.1 Å². The molecule has 36 heavy (non-hydrogen) atoms. The number of aromatic nitrogens is 1. The highest BCUT2D eigenvalue weighted by atomic mass is 35.5. The number of quaternary nitrogens is 1. The minimum Gasteiger partial charge on any atom is -0.393 e. The van der Waals surface area contributed by atoms with E-state index < -0.39 is 17.8 Å². The first-order valence-corrected chi connectivity index (χ1v) is 12.8. The minimum absolute atomic E-state index is 0.0490. The number of aliphatic hydroxyl groups is 1. The summed E-state index contributed by atoms with van der Waals surface area (Å²) < 4.78 is 40.1. The highest BCUT2D eigenvalue weighted by Crippen LogP contribution is 2.32. The molecule has 0 aliphatic carbocycles. The summed E-state index contributed by atoms with van der Waals surface area (Å²) in [7, 11) is 2.08. The Balaban J connectivity index is 1.58. The quantitative estimate of drug-likeness (QED) is 0.371. The number of carbonyl (C=O) groups is 1. The van der Waals surface area contributed by atoms with Crippen LogP contribution in [0.15, 0.2) is 53.9 Å². The number of halogens is 4. The van der Waals surface area contributed by atoms with Gasteiger partial charge in [0.1, 0.15) is 0 Å². The Hall–Kier alpha value is -2.66. The van der Waals surface area contributed by atoms with Crippen LogP contribution in [0.3, 0.4) is 0 Å². The Bertz CT molecular complexity index is 1210. The van der Waals surface area contributed by atoms with E-state index in [4.69, 9.17) is 11.6 Å². The second-order valence-corrected chi connectivity index (χ2v) is 10.5. The van der Waals surface area contributed by atoms with Crippen LogP contribution in [0.5, 0.6) is 0 Å². The van der Waals surface area contributed by atoms with E-state index in [1.807, 2.05) is 17.5 Å². The number of piperidine rings is 1. The third kappa shape index (κ3) is 6.56. The van der Waals surface area contributed by atoms with Crippen LogP contribution >= 0.6 is 22.9 Å². The molecule has 1 saturated heterocycles. The Labute approximate surface area is 216 Å². The van der Waals surface area contributed by atoms with E-state index in [-0.39, 0.29) is 11.8 Å². The first-order chi connectivity index (χ1) is 17.0. The predicted molar refractivity (Wildman–Crippen MR) is 136 cm³/mol. The molecule has 6 nitrogen and oxygen atoms in total. The highest BCUT2D eigenvalue weighted by Gasteiger charge is 2.32. The van der Waals surface area contributed by atoms with Crippen LogP contribution in [-0.2, 0) is 6.18 Å². The number of nitrogens with one attached hydrogen (secondary N) is 1. The van der Waals surface area contributed by atoms with Gasteiger partial charge in [0, 0.05) is 34.5 Å². The molecule has 2 aromatic carbocycles. The van der Waals surface area contributed by atoms with Gasteiger partial charge in [-0.05, 0) is 30.3 Å². The number of carbonyl (C=O) groups excluding carboxylic acids is 1. The summed E-state index contributed by atoms with van der Waals surface area (Å²) in [6.45, 7) is 2.46. The molecule has 192 valence electrons. The van der Waals surface area contributed by atoms with Gasteiger partial charge in [-0.25, -0.2) is 9.78 Å². The zero-order chi connectivity index (χ0) is 25.9. The zero-order valence-corrected chi connectivity index (χ0v) is 21.2. The molecular formula is C25H27ClF3N4O2S+. The molecular weight excluding hydrogens is 513 g/mol. The van der Waals surface area contributed by atoms with Gasteiger partial charge < -0.3 is 14.9 Å².